The Balaban J connectivity index is 1.75. The maximum Gasteiger partial charge on any atom is 0.339 e. The van der Waals surface area contributed by atoms with Gasteiger partial charge in [0.2, 0.25) is 0 Å². The van der Waals surface area contributed by atoms with Gasteiger partial charge >= 0.3 is 5.97 Å². The summed E-state index contributed by atoms with van der Waals surface area (Å²) >= 11 is 1.67. The second kappa shape index (κ2) is 7.12. The highest BCUT2D eigenvalue weighted by Gasteiger charge is 2.05. The molecule has 0 bridgehead atoms. The molecule has 0 radical (unpaired) electrons. The number of nitrogens with one attached hydrogen (secondary N) is 1. The number of rotatable bonds is 6. The molecular formula is C14H17N3O2S. The van der Waals surface area contributed by atoms with E-state index in [1.807, 2.05) is 13.0 Å². The first kappa shape index (κ1) is 14.6. The van der Waals surface area contributed by atoms with E-state index in [0.29, 0.717) is 12.1 Å². The summed E-state index contributed by atoms with van der Waals surface area (Å²) in [6, 6.07) is 3.55. The van der Waals surface area contributed by atoms with Crippen molar-refractivity contribution in [1.82, 2.24) is 15.3 Å². The van der Waals surface area contributed by atoms with Crippen molar-refractivity contribution >= 4 is 17.3 Å². The molecule has 0 atom stereocenters. The number of aromatic nitrogens is 2. The fourth-order valence-corrected chi connectivity index (χ4v) is 2.37. The van der Waals surface area contributed by atoms with Crippen LogP contribution in [-0.4, -0.2) is 29.6 Å². The van der Waals surface area contributed by atoms with Gasteiger partial charge < -0.3 is 10.1 Å². The molecule has 20 heavy (non-hydrogen) atoms. The minimum Gasteiger partial charge on any atom is -0.465 e. The number of nitrogens with zero attached hydrogens (tertiary/aromatic N) is 2. The van der Waals surface area contributed by atoms with Gasteiger partial charge in [0.25, 0.3) is 0 Å². The molecule has 2 rings (SSSR count). The minimum atomic E-state index is -0.365. The van der Waals surface area contributed by atoms with Gasteiger partial charge in [-0.25, -0.2) is 9.78 Å². The molecule has 0 fully saturated rings. The van der Waals surface area contributed by atoms with E-state index in [0.717, 1.165) is 29.4 Å². The molecule has 0 aromatic carbocycles. The van der Waals surface area contributed by atoms with Crippen LogP contribution in [0.4, 0.5) is 0 Å². The molecule has 0 saturated heterocycles. The predicted molar refractivity (Wildman–Crippen MR) is 77.8 cm³/mol. The average molecular weight is 291 g/mol. The van der Waals surface area contributed by atoms with Gasteiger partial charge in [0.15, 0.2) is 0 Å². The molecule has 0 aliphatic rings. The first-order valence-electron chi connectivity index (χ1n) is 6.34. The van der Waals surface area contributed by atoms with Gasteiger partial charge in [-0.15, -0.1) is 11.3 Å². The first-order chi connectivity index (χ1) is 9.69. The van der Waals surface area contributed by atoms with Crippen LogP contribution in [0, 0.1) is 6.92 Å². The number of carbonyl (C=O) groups excluding carboxylic acids is 1. The van der Waals surface area contributed by atoms with Crippen molar-refractivity contribution in [3.8, 4) is 0 Å². The lowest BCUT2D eigenvalue weighted by molar-refractivity contribution is 0.0600. The number of hydrogen-bond acceptors (Lipinski definition) is 6. The zero-order valence-electron chi connectivity index (χ0n) is 11.5. The molecule has 2 heterocycles. The predicted octanol–water partition coefficient (Wildman–Crippen LogP) is 1.97. The van der Waals surface area contributed by atoms with E-state index in [4.69, 9.17) is 0 Å². The smallest absolute Gasteiger partial charge is 0.339 e. The van der Waals surface area contributed by atoms with E-state index in [1.54, 1.807) is 17.4 Å². The van der Waals surface area contributed by atoms with Crippen molar-refractivity contribution in [1.29, 1.82) is 0 Å². The molecule has 0 spiro atoms. The van der Waals surface area contributed by atoms with Gasteiger partial charge in [-0.1, -0.05) is 0 Å². The summed E-state index contributed by atoms with van der Waals surface area (Å²) in [7, 11) is 1.36. The van der Waals surface area contributed by atoms with Crippen LogP contribution in [0.5, 0.6) is 0 Å². The quantitative estimate of drug-likeness (QED) is 0.651. The van der Waals surface area contributed by atoms with E-state index < -0.39 is 0 Å². The Hall–Kier alpha value is -1.79. The van der Waals surface area contributed by atoms with E-state index in [1.165, 1.54) is 13.3 Å². The van der Waals surface area contributed by atoms with Crippen LogP contribution in [0.25, 0.3) is 0 Å². The van der Waals surface area contributed by atoms with Crippen molar-refractivity contribution in [2.75, 3.05) is 13.7 Å². The lowest BCUT2D eigenvalue weighted by atomic mass is 10.2. The molecular weight excluding hydrogens is 274 g/mol. The van der Waals surface area contributed by atoms with Gasteiger partial charge in [0.05, 0.1) is 29.1 Å². The Kier molecular flexibility index (Phi) is 5.20. The number of carbonyl (C=O) groups is 1. The van der Waals surface area contributed by atoms with Crippen LogP contribution in [0.15, 0.2) is 23.7 Å². The van der Waals surface area contributed by atoms with Crippen molar-refractivity contribution in [3.05, 3.63) is 45.7 Å². The normalized spacial score (nSPS) is 10.5. The summed E-state index contributed by atoms with van der Waals surface area (Å²) in [5, 5.41) is 6.49. The molecule has 106 valence electrons. The molecule has 2 aromatic heterocycles. The standard InChI is InChI=1S/C14H17N3O2S/c1-10-17-13(9-20-10)5-6-15-8-12-4-3-11(7-16-12)14(18)19-2/h3-4,7,9,15H,5-6,8H2,1-2H3. The fourth-order valence-electron chi connectivity index (χ4n) is 1.72. The highest BCUT2D eigenvalue weighted by Crippen LogP contribution is 2.08. The van der Waals surface area contributed by atoms with Crippen LogP contribution in [-0.2, 0) is 17.7 Å². The summed E-state index contributed by atoms with van der Waals surface area (Å²) in [6.45, 7) is 3.53. The second-order valence-electron chi connectivity index (χ2n) is 4.31. The number of ether oxygens (including phenoxy) is 1. The number of esters is 1. The second-order valence-corrected chi connectivity index (χ2v) is 5.38. The maximum absolute atomic E-state index is 11.3. The summed E-state index contributed by atoms with van der Waals surface area (Å²) in [5.74, 6) is -0.365. The van der Waals surface area contributed by atoms with Gasteiger partial charge in [0, 0.05) is 31.1 Å². The van der Waals surface area contributed by atoms with E-state index in [2.05, 4.69) is 25.4 Å². The van der Waals surface area contributed by atoms with E-state index in [-0.39, 0.29) is 5.97 Å². The lowest BCUT2D eigenvalue weighted by Crippen LogP contribution is -2.17. The van der Waals surface area contributed by atoms with Gasteiger partial charge in [-0.05, 0) is 19.1 Å². The number of aryl methyl sites for hydroxylation is 1. The van der Waals surface area contributed by atoms with Crippen molar-refractivity contribution < 1.29 is 9.53 Å². The Labute approximate surface area is 122 Å². The molecule has 0 aliphatic heterocycles. The maximum atomic E-state index is 11.3. The van der Waals surface area contributed by atoms with Crippen molar-refractivity contribution in [2.45, 2.75) is 19.9 Å². The fraction of sp³-hybridized carbons (Fsp3) is 0.357. The van der Waals surface area contributed by atoms with Crippen molar-refractivity contribution in [3.63, 3.8) is 0 Å². The summed E-state index contributed by atoms with van der Waals surface area (Å²) in [6.07, 6.45) is 2.44. The Bertz CT molecular complexity index is 566. The zero-order valence-corrected chi connectivity index (χ0v) is 12.4. The van der Waals surface area contributed by atoms with Gasteiger partial charge in [-0.2, -0.15) is 0 Å². The highest BCUT2D eigenvalue weighted by molar-refractivity contribution is 7.09. The van der Waals surface area contributed by atoms with Gasteiger partial charge in [0.1, 0.15) is 0 Å². The van der Waals surface area contributed by atoms with Crippen LogP contribution in [0.3, 0.4) is 0 Å². The molecule has 5 nitrogen and oxygen atoms in total. The van der Waals surface area contributed by atoms with Gasteiger partial charge in [-0.3, -0.25) is 4.98 Å². The lowest BCUT2D eigenvalue weighted by Gasteiger charge is -2.04. The number of pyridine rings is 1. The SMILES string of the molecule is COC(=O)c1ccc(CNCCc2csc(C)n2)nc1. The molecule has 6 heteroatoms. The molecule has 1 N–H and O–H groups in total. The van der Waals surface area contributed by atoms with Crippen LogP contribution < -0.4 is 5.32 Å². The molecule has 0 aliphatic carbocycles. The number of methoxy groups -OCH3 is 1. The van der Waals surface area contributed by atoms with Crippen LogP contribution in [0.1, 0.15) is 26.8 Å². The Morgan fingerprint density at radius 3 is 2.85 bits per heavy atom. The Morgan fingerprint density at radius 2 is 2.25 bits per heavy atom. The van der Waals surface area contributed by atoms with Crippen molar-refractivity contribution in [2.24, 2.45) is 0 Å². The minimum absolute atomic E-state index is 0.365. The average Bonchev–Trinajstić information content (AvgIpc) is 2.89. The molecule has 0 unspecified atom stereocenters. The third-order valence-corrected chi connectivity index (χ3v) is 3.60. The largest absolute Gasteiger partial charge is 0.465 e. The first-order valence-corrected chi connectivity index (χ1v) is 7.22. The molecule has 2 aromatic rings. The zero-order chi connectivity index (χ0) is 14.4. The Morgan fingerprint density at radius 1 is 1.40 bits per heavy atom. The third-order valence-electron chi connectivity index (χ3n) is 2.78. The summed E-state index contributed by atoms with van der Waals surface area (Å²) in [4.78, 5) is 19.9. The summed E-state index contributed by atoms with van der Waals surface area (Å²) in [5.41, 5.74) is 2.48. The van der Waals surface area contributed by atoms with E-state index in [9.17, 15) is 4.79 Å². The monoisotopic (exact) mass is 291 g/mol. The highest BCUT2D eigenvalue weighted by atomic mass is 32.1. The molecule has 0 amide bonds. The van der Waals surface area contributed by atoms with Crippen LogP contribution >= 0.6 is 11.3 Å². The van der Waals surface area contributed by atoms with E-state index >= 15 is 0 Å². The molecule has 0 saturated carbocycles. The van der Waals surface area contributed by atoms with Crippen LogP contribution in [0.2, 0.25) is 0 Å². The summed E-state index contributed by atoms with van der Waals surface area (Å²) < 4.78 is 4.63. The topological polar surface area (TPSA) is 64.1 Å². The number of hydrogen-bond donors (Lipinski definition) is 1. The number of thiazole rings is 1. The third kappa shape index (κ3) is 4.11.